The highest BCUT2D eigenvalue weighted by Gasteiger charge is 2.20. The van der Waals surface area contributed by atoms with Gasteiger partial charge in [0.15, 0.2) is 0 Å². The first kappa shape index (κ1) is 15.5. The number of pyridine rings is 1. The maximum atomic E-state index is 4.62. The molecular weight excluding hydrogens is 288 g/mol. The molecule has 0 radical (unpaired) electrons. The van der Waals surface area contributed by atoms with E-state index in [1.54, 1.807) is 0 Å². The third-order valence-corrected chi connectivity index (χ3v) is 3.83. The van der Waals surface area contributed by atoms with Crippen molar-refractivity contribution >= 4 is 21.7 Å². The molecule has 0 saturated carbocycles. The second-order valence-corrected chi connectivity index (χ2v) is 5.70. The molecular formula is C15H25BrN2. The Bertz CT molecular complexity index is 348. The fourth-order valence-corrected chi connectivity index (χ4v) is 2.76. The average molecular weight is 313 g/mol. The highest BCUT2D eigenvalue weighted by atomic mass is 79.9. The van der Waals surface area contributed by atoms with Gasteiger partial charge in [0, 0.05) is 29.7 Å². The van der Waals surface area contributed by atoms with Crippen molar-refractivity contribution in [2.45, 2.75) is 51.9 Å². The Kier molecular flexibility index (Phi) is 6.69. The van der Waals surface area contributed by atoms with E-state index in [1.807, 2.05) is 12.3 Å². The second-order valence-electron chi connectivity index (χ2n) is 5.14. The first-order chi connectivity index (χ1) is 8.63. The third-order valence-electron chi connectivity index (χ3n) is 3.23. The van der Waals surface area contributed by atoms with Gasteiger partial charge in [-0.05, 0) is 24.8 Å². The quantitative estimate of drug-likeness (QED) is 0.682. The molecule has 1 aromatic rings. The van der Waals surface area contributed by atoms with E-state index in [9.17, 15) is 0 Å². The number of alkyl halides is 1. The van der Waals surface area contributed by atoms with E-state index in [0.717, 1.165) is 17.7 Å². The Morgan fingerprint density at radius 3 is 2.44 bits per heavy atom. The van der Waals surface area contributed by atoms with Gasteiger partial charge in [0.1, 0.15) is 5.82 Å². The number of hydrogen-bond donors (Lipinski definition) is 0. The molecule has 0 bridgehead atoms. The molecule has 1 rings (SSSR count). The van der Waals surface area contributed by atoms with Gasteiger partial charge in [0.25, 0.3) is 0 Å². The highest BCUT2D eigenvalue weighted by molar-refractivity contribution is 9.08. The predicted molar refractivity (Wildman–Crippen MR) is 83.4 cm³/mol. The van der Waals surface area contributed by atoms with E-state index in [2.05, 4.69) is 59.6 Å². The number of anilines is 1. The number of rotatable bonds is 7. The monoisotopic (exact) mass is 312 g/mol. The molecule has 1 aromatic heterocycles. The van der Waals surface area contributed by atoms with Gasteiger partial charge in [-0.1, -0.05) is 49.7 Å². The van der Waals surface area contributed by atoms with Crippen molar-refractivity contribution in [2.75, 3.05) is 11.4 Å². The van der Waals surface area contributed by atoms with Crippen LogP contribution in [-0.2, 0) is 5.33 Å². The van der Waals surface area contributed by atoms with Gasteiger partial charge in [-0.15, -0.1) is 0 Å². The molecule has 0 unspecified atom stereocenters. The minimum Gasteiger partial charge on any atom is -0.353 e. The van der Waals surface area contributed by atoms with Crippen LogP contribution in [0.2, 0.25) is 0 Å². The summed E-state index contributed by atoms with van der Waals surface area (Å²) < 4.78 is 0. The van der Waals surface area contributed by atoms with Crippen molar-refractivity contribution in [1.82, 2.24) is 4.98 Å². The Balaban J connectivity index is 3.07. The predicted octanol–water partition coefficient (Wildman–Crippen LogP) is 4.63. The first-order valence-electron chi connectivity index (χ1n) is 6.90. The molecule has 102 valence electrons. The molecule has 0 atom stereocenters. The second kappa shape index (κ2) is 7.78. The van der Waals surface area contributed by atoms with Crippen molar-refractivity contribution in [2.24, 2.45) is 5.92 Å². The van der Waals surface area contributed by atoms with E-state index in [0.29, 0.717) is 12.0 Å². The standard InChI is InChI=1S/C15H25BrN2/c1-5-14(6-2)18(11-12(3)4)15-13(10-16)8-7-9-17-15/h7-9,12,14H,5-6,10-11H2,1-4H3. The molecule has 0 aliphatic rings. The van der Waals surface area contributed by atoms with Crippen LogP contribution in [0.3, 0.4) is 0 Å². The summed E-state index contributed by atoms with van der Waals surface area (Å²) in [5, 5.41) is 0.866. The number of hydrogen-bond acceptors (Lipinski definition) is 2. The van der Waals surface area contributed by atoms with Crippen molar-refractivity contribution < 1.29 is 0 Å². The summed E-state index contributed by atoms with van der Waals surface area (Å²) in [6.45, 7) is 10.1. The van der Waals surface area contributed by atoms with E-state index in [1.165, 1.54) is 18.4 Å². The van der Waals surface area contributed by atoms with Crippen molar-refractivity contribution in [3.05, 3.63) is 23.9 Å². The number of aromatic nitrogens is 1. The molecule has 0 aliphatic heterocycles. The maximum Gasteiger partial charge on any atom is 0.132 e. The largest absolute Gasteiger partial charge is 0.353 e. The van der Waals surface area contributed by atoms with Crippen LogP contribution in [0.5, 0.6) is 0 Å². The summed E-state index contributed by atoms with van der Waals surface area (Å²) in [6.07, 6.45) is 4.24. The topological polar surface area (TPSA) is 16.1 Å². The molecule has 18 heavy (non-hydrogen) atoms. The van der Waals surface area contributed by atoms with Crippen LogP contribution >= 0.6 is 15.9 Å². The van der Waals surface area contributed by atoms with E-state index in [4.69, 9.17) is 0 Å². The molecule has 0 aliphatic carbocycles. The van der Waals surface area contributed by atoms with Crippen molar-refractivity contribution in [3.63, 3.8) is 0 Å². The van der Waals surface area contributed by atoms with E-state index >= 15 is 0 Å². The van der Waals surface area contributed by atoms with Crippen LogP contribution in [0.25, 0.3) is 0 Å². The van der Waals surface area contributed by atoms with Crippen LogP contribution in [0.1, 0.15) is 46.1 Å². The van der Waals surface area contributed by atoms with E-state index < -0.39 is 0 Å². The van der Waals surface area contributed by atoms with Crippen molar-refractivity contribution in [1.29, 1.82) is 0 Å². The SMILES string of the molecule is CCC(CC)N(CC(C)C)c1ncccc1CBr. The van der Waals surface area contributed by atoms with Gasteiger partial charge in [-0.3, -0.25) is 0 Å². The molecule has 1 heterocycles. The lowest BCUT2D eigenvalue weighted by molar-refractivity contribution is 0.502. The third kappa shape index (κ3) is 3.98. The minimum absolute atomic E-state index is 0.583. The summed E-state index contributed by atoms with van der Waals surface area (Å²) in [5.41, 5.74) is 1.28. The molecule has 3 heteroatoms. The van der Waals surface area contributed by atoms with E-state index in [-0.39, 0.29) is 0 Å². The molecule has 0 spiro atoms. The van der Waals surface area contributed by atoms with Gasteiger partial charge in [0.2, 0.25) is 0 Å². The Morgan fingerprint density at radius 2 is 1.94 bits per heavy atom. The smallest absolute Gasteiger partial charge is 0.132 e. The summed E-state index contributed by atoms with van der Waals surface area (Å²) in [6, 6.07) is 4.76. The van der Waals surface area contributed by atoms with Crippen LogP contribution in [-0.4, -0.2) is 17.6 Å². The van der Waals surface area contributed by atoms with Gasteiger partial charge >= 0.3 is 0 Å². The Labute approximate surface area is 120 Å². The van der Waals surface area contributed by atoms with Crippen LogP contribution < -0.4 is 4.90 Å². The normalized spacial score (nSPS) is 11.3. The van der Waals surface area contributed by atoms with Crippen molar-refractivity contribution in [3.8, 4) is 0 Å². The summed E-state index contributed by atoms with van der Waals surface area (Å²) >= 11 is 3.57. The lowest BCUT2D eigenvalue weighted by atomic mass is 10.1. The van der Waals surface area contributed by atoms with Gasteiger partial charge in [-0.2, -0.15) is 0 Å². The van der Waals surface area contributed by atoms with Gasteiger partial charge < -0.3 is 4.90 Å². The van der Waals surface area contributed by atoms with Gasteiger partial charge in [0.05, 0.1) is 0 Å². The number of halogens is 1. The van der Waals surface area contributed by atoms with Gasteiger partial charge in [-0.25, -0.2) is 4.98 Å². The fourth-order valence-electron chi connectivity index (χ4n) is 2.32. The van der Waals surface area contributed by atoms with Crippen LogP contribution in [0, 0.1) is 5.92 Å². The lowest BCUT2D eigenvalue weighted by Gasteiger charge is -2.34. The summed E-state index contributed by atoms with van der Waals surface area (Å²) in [4.78, 5) is 7.10. The fraction of sp³-hybridized carbons (Fsp3) is 0.667. The molecule has 0 aromatic carbocycles. The number of nitrogens with zero attached hydrogens (tertiary/aromatic N) is 2. The first-order valence-corrected chi connectivity index (χ1v) is 8.02. The van der Waals surface area contributed by atoms with Crippen LogP contribution in [0.15, 0.2) is 18.3 Å². The molecule has 0 saturated heterocycles. The highest BCUT2D eigenvalue weighted by Crippen LogP contribution is 2.25. The lowest BCUT2D eigenvalue weighted by Crippen LogP contribution is -2.38. The molecule has 0 amide bonds. The average Bonchev–Trinajstić information content (AvgIpc) is 2.38. The Morgan fingerprint density at radius 1 is 1.28 bits per heavy atom. The zero-order chi connectivity index (χ0) is 13.5. The zero-order valence-corrected chi connectivity index (χ0v) is 13.6. The maximum absolute atomic E-state index is 4.62. The molecule has 0 N–H and O–H groups in total. The summed E-state index contributed by atoms with van der Waals surface area (Å²) in [7, 11) is 0. The Hall–Kier alpha value is -0.570. The molecule has 0 fully saturated rings. The molecule has 2 nitrogen and oxygen atoms in total. The minimum atomic E-state index is 0.583. The zero-order valence-electron chi connectivity index (χ0n) is 12.0. The van der Waals surface area contributed by atoms with Crippen LogP contribution in [0.4, 0.5) is 5.82 Å². The summed E-state index contributed by atoms with van der Waals surface area (Å²) in [5.74, 6) is 1.80.